The average Bonchev–Trinajstić information content (AvgIpc) is 3.45. The number of pyridine rings is 1. The van der Waals surface area contributed by atoms with E-state index in [1.165, 1.54) is 12.7 Å². The van der Waals surface area contributed by atoms with Crippen molar-refractivity contribution in [3.63, 3.8) is 0 Å². The Morgan fingerprint density at radius 1 is 1.05 bits per heavy atom. The molecule has 0 amide bonds. The number of carbonyl (C=O) groups is 1. The summed E-state index contributed by atoms with van der Waals surface area (Å²) in [4.78, 5) is 19.2. The monoisotopic (exact) mass is 539 g/mol. The van der Waals surface area contributed by atoms with E-state index < -0.39 is 0 Å². The third kappa shape index (κ3) is 5.52. The zero-order valence-corrected chi connectivity index (χ0v) is 23.2. The van der Waals surface area contributed by atoms with Crippen molar-refractivity contribution in [1.29, 1.82) is 0 Å². The van der Waals surface area contributed by atoms with E-state index in [0.29, 0.717) is 5.56 Å². The lowest BCUT2D eigenvalue weighted by Crippen LogP contribution is -2.31. The summed E-state index contributed by atoms with van der Waals surface area (Å²) in [5.74, 6) is -0.351. The zero-order chi connectivity index (χ0) is 27.4. The van der Waals surface area contributed by atoms with Gasteiger partial charge in [-0.05, 0) is 86.6 Å². The van der Waals surface area contributed by atoms with Crippen LogP contribution in [-0.2, 0) is 4.74 Å². The normalized spacial score (nSPS) is 16.7. The van der Waals surface area contributed by atoms with Gasteiger partial charge in [-0.15, -0.1) is 0 Å². The Labute approximate surface area is 234 Å². The lowest BCUT2D eigenvalue weighted by Gasteiger charge is -2.28. The second-order valence-corrected chi connectivity index (χ2v) is 10.1. The molecule has 8 heteroatoms. The van der Waals surface area contributed by atoms with Gasteiger partial charge in [0.2, 0.25) is 0 Å². The lowest BCUT2D eigenvalue weighted by molar-refractivity contribution is 0.0600. The van der Waals surface area contributed by atoms with Crippen molar-refractivity contribution in [3.05, 3.63) is 113 Å². The van der Waals surface area contributed by atoms with Crippen LogP contribution in [0.2, 0.25) is 0 Å². The van der Waals surface area contributed by atoms with Gasteiger partial charge in [-0.1, -0.05) is 30.3 Å². The Bertz CT molecular complexity index is 1450. The molecule has 1 aliphatic heterocycles. The number of aromatic nitrogens is 2. The number of para-hydroxylation sites is 1. The highest BCUT2D eigenvalue weighted by Crippen LogP contribution is 2.41. The molecular formula is C31H33N5O2S. The molecule has 200 valence electrons. The van der Waals surface area contributed by atoms with Crippen molar-refractivity contribution >= 4 is 29.0 Å². The van der Waals surface area contributed by atoms with Crippen molar-refractivity contribution in [3.8, 4) is 5.69 Å². The van der Waals surface area contributed by atoms with Gasteiger partial charge in [0.05, 0.1) is 30.5 Å². The number of aryl methyl sites for hydroxylation is 1. The number of esters is 1. The van der Waals surface area contributed by atoms with Crippen molar-refractivity contribution in [2.75, 3.05) is 25.5 Å². The van der Waals surface area contributed by atoms with Crippen molar-refractivity contribution in [2.24, 2.45) is 0 Å². The molecule has 0 aliphatic carbocycles. The molecule has 1 aliphatic rings. The number of thiocarbonyl (C=S) groups is 1. The van der Waals surface area contributed by atoms with Gasteiger partial charge < -0.3 is 24.8 Å². The number of nitrogens with one attached hydrogen (secondary N) is 2. The second kappa shape index (κ2) is 11.7. The van der Waals surface area contributed by atoms with E-state index in [9.17, 15) is 4.79 Å². The predicted molar refractivity (Wildman–Crippen MR) is 158 cm³/mol. The topological polar surface area (TPSA) is 71.4 Å². The van der Waals surface area contributed by atoms with Crippen LogP contribution in [-0.4, -0.2) is 45.7 Å². The molecule has 1 fully saturated rings. The molecule has 7 nitrogen and oxygen atoms in total. The quantitative estimate of drug-likeness (QED) is 0.159. The second-order valence-electron chi connectivity index (χ2n) is 9.67. The maximum atomic E-state index is 12.2. The fourth-order valence-corrected chi connectivity index (χ4v) is 5.73. The molecule has 0 spiro atoms. The first-order valence-electron chi connectivity index (χ1n) is 13.1. The average molecular weight is 540 g/mol. The van der Waals surface area contributed by atoms with E-state index >= 15 is 0 Å². The Kier molecular flexibility index (Phi) is 7.93. The summed E-state index contributed by atoms with van der Waals surface area (Å²) in [6, 6.07) is 25.9. The van der Waals surface area contributed by atoms with Gasteiger partial charge in [-0.2, -0.15) is 0 Å². The number of hydrogen-bond donors (Lipinski definition) is 2. The van der Waals surface area contributed by atoms with Gasteiger partial charge >= 0.3 is 5.97 Å². The molecule has 2 aromatic heterocycles. The van der Waals surface area contributed by atoms with Crippen LogP contribution in [0.4, 0.5) is 5.69 Å². The molecule has 0 saturated carbocycles. The van der Waals surface area contributed by atoms with E-state index in [4.69, 9.17) is 17.0 Å². The van der Waals surface area contributed by atoms with Gasteiger partial charge in [-0.3, -0.25) is 4.98 Å². The smallest absolute Gasteiger partial charge is 0.337 e. The number of ether oxygens (including phenoxy) is 1. The molecule has 4 aromatic rings. The van der Waals surface area contributed by atoms with Crippen LogP contribution in [0, 0.1) is 13.8 Å². The molecule has 3 heterocycles. The van der Waals surface area contributed by atoms with Crippen LogP contribution in [0.15, 0.2) is 85.1 Å². The highest BCUT2D eigenvalue weighted by Gasteiger charge is 2.41. The Hall–Kier alpha value is -4.17. The summed E-state index contributed by atoms with van der Waals surface area (Å²) in [6.45, 7) is 5.84. The molecule has 2 atom stereocenters. The SMILES string of the molecule is COC(=O)c1cccc(-n2c(C)cc([C@H]3[C@@H](c4ccccn4)NC(=S)N3CCCNc3ccccc3)c2C)c1. The number of anilines is 1. The molecule has 1 saturated heterocycles. The number of carbonyl (C=O) groups excluding carboxylic acids is 1. The number of benzene rings is 2. The summed E-state index contributed by atoms with van der Waals surface area (Å²) in [5.41, 5.74) is 6.85. The molecule has 0 unspecified atom stereocenters. The van der Waals surface area contributed by atoms with Crippen LogP contribution in [0.25, 0.3) is 5.69 Å². The summed E-state index contributed by atoms with van der Waals surface area (Å²) in [5, 5.41) is 7.79. The van der Waals surface area contributed by atoms with E-state index in [1.54, 1.807) is 6.07 Å². The first-order chi connectivity index (χ1) is 19.0. The minimum atomic E-state index is -0.351. The summed E-state index contributed by atoms with van der Waals surface area (Å²) in [6.07, 6.45) is 2.74. The maximum Gasteiger partial charge on any atom is 0.337 e. The summed E-state index contributed by atoms with van der Waals surface area (Å²) in [7, 11) is 1.40. The van der Waals surface area contributed by atoms with Crippen molar-refractivity contribution < 1.29 is 9.53 Å². The van der Waals surface area contributed by atoms with E-state index in [-0.39, 0.29) is 18.1 Å². The minimum absolute atomic E-state index is 0.0344. The molecule has 39 heavy (non-hydrogen) atoms. The molecular weight excluding hydrogens is 506 g/mol. The highest BCUT2D eigenvalue weighted by atomic mass is 32.1. The standard InChI is InChI=1S/C31H33N5O2S/c1-21-19-26(22(2)36(21)25-14-9-11-23(20-25)30(37)38-3)29-28(27-15-7-8-16-33-27)34-31(39)35(29)18-10-17-32-24-12-5-4-6-13-24/h4-9,11-16,19-20,28-29,32H,10,17-18H2,1-3H3,(H,34,39)/t28-,29+/m1/s1. The van der Waals surface area contributed by atoms with E-state index in [2.05, 4.69) is 57.1 Å². The first-order valence-corrected chi connectivity index (χ1v) is 13.5. The van der Waals surface area contributed by atoms with Crippen molar-refractivity contribution in [1.82, 2.24) is 19.8 Å². The molecule has 5 rings (SSSR count). The number of nitrogens with zero attached hydrogens (tertiary/aromatic N) is 3. The summed E-state index contributed by atoms with van der Waals surface area (Å²) >= 11 is 5.88. The van der Waals surface area contributed by atoms with Crippen molar-refractivity contribution in [2.45, 2.75) is 32.4 Å². The lowest BCUT2D eigenvalue weighted by atomic mass is 9.96. The van der Waals surface area contributed by atoms with Crippen LogP contribution < -0.4 is 10.6 Å². The Morgan fingerprint density at radius 2 is 1.85 bits per heavy atom. The van der Waals surface area contributed by atoms with Gasteiger partial charge in [0.15, 0.2) is 5.11 Å². The largest absolute Gasteiger partial charge is 0.465 e. The first kappa shape index (κ1) is 26.4. The number of rotatable bonds is 9. The highest BCUT2D eigenvalue weighted by molar-refractivity contribution is 7.80. The zero-order valence-electron chi connectivity index (χ0n) is 22.4. The fourth-order valence-electron chi connectivity index (χ4n) is 5.40. The summed E-state index contributed by atoms with van der Waals surface area (Å²) < 4.78 is 7.14. The molecule has 0 bridgehead atoms. The van der Waals surface area contributed by atoms with E-state index in [0.717, 1.165) is 53.1 Å². The minimum Gasteiger partial charge on any atom is -0.465 e. The van der Waals surface area contributed by atoms with Crippen LogP contribution in [0.1, 0.15) is 51.5 Å². The molecule has 0 radical (unpaired) electrons. The van der Waals surface area contributed by atoms with Gasteiger partial charge in [0.1, 0.15) is 0 Å². The fraction of sp³-hybridized carbons (Fsp3) is 0.258. The van der Waals surface area contributed by atoms with Gasteiger partial charge in [0, 0.05) is 42.0 Å². The predicted octanol–water partition coefficient (Wildman–Crippen LogP) is 5.75. The van der Waals surface area contributed by atoms with E-state index in [1.807, 2.05) is 60.8 Å². The third-order valence-electron chi connectivity index (χ3n) is 7.19. The third-order valence-corrected chi connectivity index (χ3v) is 7.54. The van der Waals surface area contributed by atoms with Gasteiger partial charge in [-0.25, -0.2) is 4.79 Å². The maximum absolute atomic E-state index is 12.2. The molecule has 2 N–H and O–H groups in total. The van der Waals surface area contributed by atoms with Gasteiger partial charge in [0.25, 0.3) is 0 Å². The number of methoxy groups -OCH3 is 1. The molecule has 2 aromatic carbocycles. The van der Waals surface area contributed by atoms with Crippen LogP contribution in [0.5, 0.6) is 0 Å². The Balaban J connectivity index is 1.47. The van der Waals surface area contributed by atoms with Crippen LogP contribution >= 0.6 is 12.2 Å². The Morgan fingerprint density at radius 3 is 2.59 bits per heavy atom. The number of hydrogen-bond acceptors (Lipinski definition) is 5. The van der Waals surface area contributed by atoms with Crippen LogP contribution in [0.3, 0.4) is 0 Å².